The van der Waals surface area contributed by atoms with Gasteiger partial charge in [-0.1, -0.05) is 121 Å². The third-order valence-electron chi connectivity index (χ3n) is 8.25. The number of aliphatic hydroxyl groups excluding tert-OH is 1. The van der Waals surface area contributed by atoms with Crippen molar-refractivity contribution < 1.29 is 37.7 Å². The topological polar surface area (TPSA) is 122 Å². The van der Waals surface area contributed by atoms with Gasteiger partial charge < -0.3 is 19.8 Å². The molecule has 1 unspecified atom stereocenters. The van der Waals surface area contributed by atoms with Crippen LogP contribution in [0.25, 0.3) is 0 Å². The average molecular weight is 726 g/mol. The summed E-state index contributed by atoms with van der Waals surface area (Å²) in [6, 6.07) is -0.892. The molecule has 9 nitrogen and oxygen atoms in total. The quantitative estimate of drug-likeness (QED) is 0.0151. The molecule has 0 spiro atoms. The molecule has 0 saturated carbocycles. The van der Waals surface area contributed by atoms with Crippen molar-refractivity contribution in [2.75, 3.05) is 40.9 Å². The minimum atomic E-state index is -4.36. The van der Waals surface area contributed by atoms with Gasteiger partial charge in [0, 0.05) is 12.8 Å². The lowest BCUT2D eigenvalue weighted by Crippen LogP contribution is -2.45. The molecule has 0 bridgehead atoms. The van der Waals surface area contributed by atoms with Crippen molar-refractivity contribution in [2.45, 2.75) is 154 Å². The minimum Gasteiger partial charge on any atom is -0.387 e. The summed E-state index contributed by atoms with van der Waals surface area (Å²) in [5.41, 5.74) is 0. The fourth-order valence-electron chi connectivity index (χ4n) is 5.04. The Hall–Kier alpha value is -1.87. The number of nitrogens with one attached hydrogen (secondary N) is 1. The van der Waals surface area contributed by atoms with Crippen LogP contribution in [0.1, 0.15) is 142 Å². The van der Waals surface area contributed by atoms with Crippen LogP contribution in [0.3, 0.4) is 0 Å². The van der Waals surface area contributed by atoms with E-state index in [1.165, 1.54) is 38.5 Å². The van der Waals surface area contributed by atoms with Crippen LogP contribution >= 0.6 is 7.82 Å². The molecular weight excluding hydrogens is 651 g/mol. The highest BCUT2D eigenvalue weighted by Crippen LogP contribution is 2.43. The molecule has 0 aromatic carbocycles. The number of ketones is 1. The summed E-state index contributed by atoms with van der Waals surface area (Å²) in [6.07, 6.45) is 34.4. The Balaban J connectivity index is 4.65. The first-order valence-corrected chi connectivity index (χ1v) is 21.0. The highest BCUT2D eigenvalue weighted by atomic mass is 31.2. The molecule has 0 rings (SSSR count). The fourth-order valence-corrected chi connectivity index (χ4v) is 5.77. The number of amides is 1. The van der Waals surface area contributed by atoms with E-state index in [9.17, 15) is 24.2 Å². The van der Waals surface area contributed by atoms with Crippen LogP contribution in [0.4, 0.5) is 0 Å². The number of carbonyl (C=O) groups excluding carboxylic acids is 2. The third-order valence-corrected chi connectivity index (χ3v) is 9.23. The number of carbonyl (C=O) groups is 2. The van der Waals surface area contributed by atoms with Gasteiger partial charge in [-0.3, -0.25) is 18.6 Å². The molecule has 0 fully saturated rings. The zero-order chi connectivity index (χ0) is 37.4. The Morgan fingerprint density at radius 3 is 1.96 bits per heavy atom. The molecule has 3 N–H and O–H groups in total. The minimum absolute atomic E-state index is 0.0384. The molecular formula is C40H74N2O7P+. The Bertz CT molecular complexity index is 1020. The van der Waals surface area contributed by atoms with E-state index in [0.717, 1.165) is 70.6 Å². The van der Waals surface area contributed by atoms with Crippen molar-refractivity contribution in [3.63, 3.8) is 0 Å². The number of allylic oxidation sites excluding steroid dienone is 7. The van der Waals surface area contributed by atoms with Gasteiger partial charge in [0.1, 0.15) is 13.2 Å². The van der Waals surface area contributed by atoms with Crippen LogP contribution in [0.2, 0.25) is 0 Å². The van der Waals surface area contributed by atoms with Gasteiger partial charge in [0.2, 0.25) is 5.91 Å². The maximum absolute atomic E-state index is 12.8. The molecule has 0 aromatic heterocycles. The van der Waals surface area contributed by atoms with E-state index >= 15 is 0 Å². The number of nitrogens with zero attached hydrogens (tertiary/aromatic N) is 1. The van der Waals surface area contributed by atoms with Crippen molar-refractivity contribution in [2.24, 2.45) is 0 Å². The number of likely N-dealkylation sites (N-methyl/N-ethyl adjacent to an activating group) is 1. The molecule has 0 saturated heterocycles. The van der Waals surface area contributed by atoms with Crippen molar-refractivity contribution in [3.05, 3.63) is 48.6 Å². The second-order valence-electron chi connectivity index (χ2n) is 14.3. The monoisotopic (exact) mass is 726 g/mol. The number of phosphoric ester groups is 1. The van der Waals surface area contributed by atoms with Gasteiger partial charge >= 0.3 is 7.82 Å². The lowest BCUT2D eigenvalue weighted by atomic mass is 10.1. The maximum Gasteiger partial charge on any atom is 0.472 e. The molecule has 50 heavy (non-hydrogen) atoms. The molecule has 0 radical (unpaired) electrons. The number of hydrogen-bond donors (Lipinski definition) is 3. The number of aliphatic hydroxyl groups is 1. The zero-order valence-corrected chi connectivity index (χ0v) is 33.3. The first-order chi connectivity index (χ1) is 23.9. The van der Waals surface area contributed by atoms with Gasteiger partial charge in [0.25, 0.3) is 0 Å². The van der Waals surface area contributed by atoms with Crippen LogP contribution in [0, 0.1) is 0 Å². The molecule has 0 aliphatic carbocycles. The maximum atomic E-state index is 12.8. The Morgan fingerprint density at radius 2 is 1.28 bits per heavy atom. The lowest BCUT2D eigenvalue weighted by molar-refractivity contribution is -0.870. The highest BCUT2D eigenvalue weighted by Gasteiger charge is 2.27. The van der Waals surface area contributed by atoms with Gasteiger partial charge in [-0.05, 0) is 57.4 Å². The highest BCUT2D eigenvalue weighted by molar-refractivity contribution is 7.47. The molecule has 0 aliphatic rings. The summed E-state index contributed by atoms with van der Waals surface area (Å²) in [6.45, 7) is 4.55. The molecule has 10 heteroatoms. The third kappa shape index (κ3) is 33.3. The number of hydrogen-bond acceptors (Lipinski definition) is 6. The summed E-state index contributed by atoms with van der Waals surface area (Å²) in [4.78, 5) is 34.7. The van der Waals surface area contributed by atoms with Crippen molar-refractivity contribution >= 4 is 19.5 Å². The van der Waals surface area contributed by atoms with E-state index in [1.54, 1.807) is 12.2 Å². The largest absolute Gasteiger partial charge is 0.472 e. The van der Waals surface area contributed by atoms with Crippen molar-refractivity contribution in [1.29, 1.82) is 0 Å². The predicted molar refractivity (Wildman–Crippen MR) is 208 cm³/mol. The zero-order valence-electron chi connectivity index (χ0n) is 32.4. The smallest absolute Gasteiger partial charge is 0.387 e. The van der Waals surface area contributed by atoms with Crippen LogP contribution < -0.4 is 5.32 Å². The number of quaternary nitrogens is 1. The summed E-state index contributed by atoms with van der Waals surface area (Å²) < 4.78 is 23.4. The first-order valence-electron chi connectivity index (χ1n) is 19.5. The molecule has 290 valence electrons. The summed E-state index contributed by atoms with van der Waals surface area (Å²) in [5.74, 6) is -0.0518. The number of rotatable bonds is 34. The standard InChI is InChI=1S/C40H73N2O7P/c1-6-8-10-11-12-13-14-15-18-21-24-28-32-39(44)38(36-49-50(46,47)48-35-34-42(3,4)5)41-40(45)33-29-25-22-19-16-17-20-23-27-31-37(43)30-26-9-7-2/h15,18,20,23,27-28,31-32,38-39,44H,6-14,16-17,19,21-22,24-26,29-30,33-36H2,1-5H3,(H-,41,45,46,47)/p+1/b18-15-,23-20-,31-27+,32-28+/t38-,39+/m0/s1. The van der Waals surface area contributed by atoms with Crippen LogP contribution in [-0.2, 0) is 23.2 Å². The van der Waals surface area contributed by atoms with E-state index in [2.05, 4.69) is 37.4 Å². The van der Waals surface area contributed by atoms with Gasteiger partial charge in [-0.2, -0.15) is 0 Å². The molecule has 0 aromatic rings. The summed E-state index contributed by atoms with van der Waals surface area (Å²) in [5, 5.41) is 13.7. The molecule has 3 atom stereocenters. The molecule has 0 aliphatic heterocycles. The second kappa shape index (κ2) is 31.8. The van der Waals surface area contributed by atoms with E-state index < -0.39 is 20.0 Å². The van der Waals surface area contributed by atoms with Gasteiger partial charge in [-0.25, -0.2) is 4.57 Å². The van der Waals surface area contributed by atoms with E-state index in [4.69, 9.17) is 9.05 Å². The average Bonchev–Trinajstić information content (AvgIpc) is 3.05. The van der Waals surface area contributed by atoms with Crippen molar-refractivity contribution in [1.82, 2.24) is 5.32 Å². The van der Waals surface area contributed by atoms with Crippen LogP contribution in [0.15, 0.2) is 48.6 Å². The number of phosphoric acid groups is 1. The normalized spacial score (nSPS) is 15.0. The van der Waals surface area contributed by atoms with Gasteiger partial charge in [0.05, 0.1) is 39.9 Å². The van der Waals surface area contributed by atoms with Gasteiger partial charge in [0.15, 0.2) is 5.78 Å². The first kappa shape index (κ1) is 48.1. The Kier molecular flexibility index (Phi) is 30.6. The molecule has 1 amide bonds. The Morgan fingerprint density at radius 1 is 0.720 bits per heavy atom. The summed E-state index contributed by atoms with van der Waals surface area (Å²) in [7, 11) is 1.49. The van der Waals surface area contributed by atoms with E-state index in [-0.39, 0.29) is 24.9 Å². The van der Waals surface area contributed by atoms with Gasteiger partial charge in [-0.15, -0.1) is 0 Å². The predicted octanol–water partition coefficient (Wildman–Crippen LogP) is 9.31. The lowest BCUT2D eigenvalue weighted by Gasteiger charge is -2.25. The SMILES string of the molecule is CCCCCCCC/C=C\CC/C=C/[C@@H](O)[C@H](COP(=O)(O)OCC[N+](C)(C)C)NC(=O)CCCCCCC/C=C\C=C\C(=O)CCCCC. The van der Waals surface area contributed by atoms with Crippen LogP contribution in [-0.4, -0.2) is 79.2 Å². The fraction of sp³-hybridized carbons (Fsp3) is 0.750. The Labute approximate surface area is 305 Å². The van der Waals surface area contributed by atoms with Crippen molar-refractivity contribution in [3.8, 4) is 0 Å². The van der Waals surface area contributed by atoms with E-state index in [1.807, 2.05) is 39.4 Å². The number of unbranched alkanes of at least 4 members (excludes halogenated alkanes) is 14. The summed E-state index contributed by atoms with van der Waals surface area (Å²) >= 11 is 0. The van der Waals surface area contributed by atoms with Crippen LogP contribution in [0.5, 0.6) is 0 Å². The molecule has 0 heterocycles. The van der Waals surface area contributed by atoms with E-state index in [0.29, 0.717) is 30.3 Å². The second-order valence-corrected chi connectivity index (χ2v) is 15.8.